The summed E-state index contributed by atoms with van der Waals surface area (Å²) in [6.45, 7) is 2.84. The van der Waals surface area contributed by atoms with Crippen molar-refractivity contribution in [2.45, 2.75) is 24.5 Å². The first kappa shape index (κ1) is 13.6. The van der Waals surface area contributed by atoms with Gasteiger partial charge in [0, 0.05) is 17.0 Å². The van der Waals surface area contributed by atoms with Gasteiger partial charge in [-0.15, -0.1) is 0 Å². The Morgan fingerprint density at radius 3 is 3.00 bits per heavy atom. The first-order valence-electron chi connectivity index (χ1n) is 5.98. The molecule has 0 radical (unpaired) electrons. The minimum Gasteiger partial charge on any atom is -0.398 e. The second-order valence-electron chi connectivity index (χ2n) is 4.79. The highest BCUT2D eigenvalue weighted by atomic mass is 35.5. The van der Waals surface area contributed by atoms with E-state index in [0.717, 1.165) is 6.42 Å². The van der Waals surface area contributed by atoms with E-state index < -0.39 is 0 Å². The van der Waals surface area contributed by atoms with Gasteiger partial charge in [0.2, 0.25) is 0 Å². The van der Waals surface area contributed by atoms with Crippen molar-refractivity contribution in [1.29, 1.82) is 0 Å². The van der Waals surface area contributed by atoms with Crippen LogP contribution < -0.4 is 11.1 Å². The van der Waals surface area contributed by atoms with Gasteiger partial charge in [-0.2, -0.15) is 11.8 Å². The maximum atomic E-state index is 12.1. The second kappa shape index (κ2) is 5.41. The third kappa shape index (κ3) is 2.93. The highest BCUT2D eigenvalue weighted by Gasteiger charge is 2.30. The number of hydrogen-bond acceptors (Lipinski definition) is 3. The zero-order chi connectivity index (χ0) is 13.2. The summed E-state index contributed by atoms with van der Waals surface area (Å²) in [5.41, 5.74) is 6.59. The van der Waals surface area contributed by atoms with Crippen LogP contribution in [0.15, 0.2) is 18.2 Å². The quantitative estimate of drug-likeness (QED) is 0.839. The highest BCUT2D eigenvalue weighted by molar-refractivity contribution is 8.00. The van der Waals surface area contributed by atoms with E-state index in [0.29, 0.717) is 22.8 Å². The molecule has 0 spiro atoms. The lowest BCUT2D eigenvalue weighted by molar-refractivity contribution is 0.0951. The van der Waals surface area contributed by atoms with Gasteiger partial charge in [0.05, 0.1) is 10.6 Å². The number of anilines is 1. The van der Waals surface area contributed by atoms with E-state index in [9.17, 15) is 4.79 Å². The van der Waals surface area contributed by atoms with Crippen molar-refractivity contribution in [3.63, 3.8) is 0 Å². The van der Waals surface area contributed by atoms with Crippen molar-refractivity contribution in [1.82, 2.24) is 5.32 Å². The number of thioether (sulfide) groups is 1. The van der Waals surface area contributed by atoms with Crippen LogP contribution in [0.25, 0.3) is 0 Å². The van der Waals surface area contributed by atoms with Gasteiger partial charge in [0.15, 0.2) is 0 Å². The third-order valence-electron chi connectivity index (χ3n) is 3.20. The minimum absolute atomic E-state index is 0.145. The van der Waals surface area contributed by atoms with Crippen LogP contribution in [0.3, 0.4) is 0 Å². The molecule has 3 nitrogen and oxygen atoms in total. The molecule has 1 aliphatic heterocycles. The van der Waals surface area contributed by atoms with Gasteiger partial charge < -0.3 is 11.1 Å². The fourth-order valence-electron chi connectivity index (χ4n) is 2.11. The molecule has 1 amide bonds. The van der Waals surface area contributed by atoms with Gasteiger partial charge in [-0.1, -0.05) is 17.7 Å². The Hall–Kier alpha value is -0.870. The number of rotatable bonds is 3. The van der Waals surface area contributed by atoms with E-state index in [1.807, 2.05) is 11.8 Å². The SMILES string of the molecule is CC1(CNC(=O)c2c(N)cccc2Cl)CCCS1. The van der Waals surface area contributed by atoms with Crippen LogP contribution in [0.2, 0.25) is 5.02 Å². The third-order valence-corrected chi connectivity index (χ3v) is 5.05. The van der Waals surface area contributed by atoms with Gasteiger partial charge in [0.1, 0.15) is 0 Å². The fraction of sp³-hybridized carbons (Fsp3) is 0.462. The molecular formula is C13H17ClN2OS. The normalized spacial score (nSPS) is 23.0. The van der Waals surface area contributed by atoms with Crippen molar-refractivity contribution < 1.29 is 4.79 Å². The molecule has 1 heterocycles. The first-order valence-corrected chi connectivity index (χ1v) is 7.34. The molecule has 0 aromatic heterocycles. The molecule has 0 saturated carbocycles. The summed E-state index contributed by atoms with van der Waals surface area (Å²) in [6, 6.07) is 5.11. The molecule has 0 aliphatic carbocycles. The molecule has 18 heavy (non-hydrogen) atoms. The lowest BCUT2D eigenvalue weighted by Crippen LogP contribution is -2.37. The molecule has 2 rings (SSSR count). The Kier molecular flexibility index (Phi) is 4.07. The summed E-state index contributed by atoms with van der Waals surface area (Å²) in [4.78, 5) is 12.1. The number of amides is 1. The predicted octanol–water partition coefficient (Wildman–Crippen LogP) is 2.94. The number of hydrogen-bond donors (Lipinski definition) is 2. The standard InChI is InChI=1S/C13H17ClN2OS/c1-13(6-3-7-18-13)8-16-12(17)11-9(14)4-2-5-10(11)15/h2,4-5H,3,6-8,15H2,1H3,(H,16,17). The predicted molar refractivity (Wildman–Crippen MR) is 78.3 cm³/mol. The van der Waals surface area contributed by atoms with Gasteiger partial charge in [-0.25, -0.2) is 0 Å². The average molecular weight is 285 g/mol. The van der Waals surface area contributed by atoms with Gasteiger partial charge in [-0.05, 0) is 37.7 Å². The number of nitrogens with two attached hydrogens (primary N) is 1. The minimum atomic E-state index is -0.188. The molecule has 1 fully saturated rings. The Bertz CT molecular complexity index is 438. The molecule has 1 saturated heterocycles. The Balaban J connectivity index is 2.04. The zero-order valence-corrected chi connectivity index (χ0v) is 11.9. The number of carbonyl (C=O) groups excluding carboxylic acids is 1. The molecule has 1 unspecified atom stereocenters. The lowest BCUT2D eigenvalue weighted by Gasteiger charge is -2.23. The van der Waals surface area contributed by atoms with E-state index >= 15 is 0 Å². The summed E-state index contributed by atoms with van der Waals surface area (Å²) in [5.74, 6) is 0.979. The van der Waals surface area contributed by atoms with E-state index in [1.54, 1.807) is 18.2 Å². The monoisotopic (exact) mass is 284 g/mol. The Morgan fingerprint density at radius 2 is 2.39 bits per heavy atom. The Labute approximate surface area is 116 Å². The zero-order valence-electron chi connectivity index (χ0n) is 10.3. The highest BCUT2D eigenvalue weighted by Crippen LogP contribution is 2.37. The summed E-state index contributed by atoms with van der Waals surface area (Å²) < 4.78 is 0.145. The lowest BCUT2D eigenvalue weighted by atomic mass is 10.1. The van der Waals surface area contributed by atoms with Crippen LogP contribution in [-0.4, -0.2) is 23.0 Å². The van der Waals surface area contributed by atoms with Gasteiger partial charge in [-0.3, -0.25) is 4.79 Å². The maximum absolute atomic E-state index is 12.1. The number of nitrogen functional groups attached to an aromatic ring is 1. The van der Waals surface area contributed by atoms with E-state index in [2.05, 4.69) is 12.2 Å². The molecule has 98 valence electrons. The van der Waals surface area contributed by atoms with Crippen LogP contribution >= 0.6 is 23.4 Å². The maximum Gasteiger partial charge on any atom is 0.254 e. The van der Waals surface area contributed by atoms with E-state index in [-0.39, 0.29) is 10.7 Å². The molecule has 1 aliphatic rings. The summed E-state index contributed by atoms with van der Waals surface area (Å²) in [7, 11) is 0. The number of halogens is 1. The molecule has 3 N–H and O–H groups in total. The van der Waals surface area contributed by atoms with Crippen molar-refractivity contribution in [3.05, 3.63) is 28.8 Å². The smallest absolute Gasteiger partial charge is 0.254 e. The molecule has 1 atom stereocenters. The average Bonchev–Trinajstić information content (AvgIpc) is 2.74. The van der Waals surface area contributed by atoms with Crippen LogP contribution in [0.5, 0.6) is 0 Å². The molecule has 1 aromatic rings. The van der Waals surface area contributed by atoms with E-state index in [4.69, 9.17) is 17.3 Å². The van der Waals surface area contributed by atoms with E-state index in [1.165, 1.54) is 12.2 Å². The number of benzene rings is 1. The molecule has 0 bridgehead atoms. The van der Waals surface area contributed by atoms with Crippen molar-refractivity contribution in [2.24, 2.45) is 0 Å². The van der Waals surface area contributed by atoms with Crippen LogP contribution in [-0.2, 0) is 0 Å². The van der Waals surface area contributed by atoms with Gasteiger partial charge in [0.25, 0.3) is 5.91 Å². The number of nitrogens with one attached hydrogen (secondary N) is 1. The largest absolute Gasteiger partial charge is 0.398 e. The van der Waals surface area contributed by atoms with Crippen LogP contribution in [0, 0.1) is 0 Å². The topological polar surface area (TPSA) is 55.1 Å². The summed E-state index contributed by atoms with van der Waals surface area (Å²) in [6.07, 6.45) is 2.35. The first-order chi connectivity index (χ1) is 8.52. The van der Waals surface area contributed by atoms with Crippen LogP contribution in [0.4, 0.5) is 5.69 Å². The second-order valence-corrected chi connectivity index (χ2v) is 6.88. The van der Waals surface area contributed by atoms with Crippen molar-refractivity contribution >= 4 is 35.0 Å². The van der Waals surface area contributed by atoms with Gasteiger partial charge >= 0.3 is 0 Å². The fourth-order valence-corrected chi connectivity index (χ4v) is 3.62. The number of carbonyl (C=O) groups is 1. The van der Waals surface area contributed by atoms with Crippen LogP contribution in [0.1, 0.15) is 30.1 Å². The van der Waals surface area contributed by atoms with Crippen molar-refractivity contribution in [3.8, 4) is 0 Å². The van der Waals surface area contributed by atoms with Crippen molar-refractivity contribution in [2.75, 3.05) is 18.0 Å². The molecule has 1 aromatic carbocycles. The molecule has 5 heteroatoms. The summed E-state index contributed by atoms with van der Waals surface area (Å²) >= 11 is 7.92. The summed E-state index contributed by atoms with van der Waals surface area (Å²) in [5, 5.41) is 3.34. The molecular weight excluding hydrogens is 268 g/mol. The Morgan fingerprint density at radius 1 is 1.61 bits per heavy atom.